The first-order chi connectivity index (χ1) is 18.3. The fourth-order valence-electron chi connectivity index (χ4n) is 6.85. The smallest absolute Gasteiger partial charge is 0.262 e. The van der Waals surface area contributed by atoms with Gasteiger partial charge in [-0.3, -0.25) is 9.59 Å². The molecule has 8 heteroatoms. The number of aryl methyl sites for hydroxylation is 1. The van der Waals surface area contributed by atoms with E-state index < -0.39 is 23.0 Å². The molecule has 38 heavy (non-hydrogen) atoms. The maximum absolute atomic E-state index is 14.0. The molecule has 4 heterocycles. The van der Waals surface area contributed by atoms with E-state index in [4.69, 9.17) is 20.6 Å². The highest BCUT2D eigenvalue weighted by molar-refractivity contribution is 6.26. The van der Waals surface area contributed by atoms with Crippen LogP contribution in [0.15, 0.2) is 59.1 Å². The van der Waals surface area contributed by atoms with Crippen molar-refractivity contribution >= 4 is 44.9 Å². The molecule has 3 aromatic carbocycles. The molecule has 190 valence electrons. The quantitative estimate of drug-likeness (QED) is 0.253. The summed E-state index contributed by atoms with van der Waals surface area (Å²) in [5, 5.41) is 6.31. The molecule has 0 spiro atoms. The van der Waals surface area contributed by atoms with Gasteiger partial charge in [-0.15, -0.1) is 0 Å². The second-order valence-electron chi connectivity index (χ2n) is 10.8. The third kappa shape index (κ3) is 3.02. The Labute approximate surface area is 218 Å². The molecule has 2 amide bonds. The van der Waals surface area contributed by atoms with Gasteiger partial charge in [0.1, 0.15) is 0 Å². The van der Waals surface area contributed by atoms with Gasteiger partial charge in [0, 0.05) is 6.42 Å². The van der Waals surface area contributed by atoms with Crippen LogP contribution in [0, 0.1) is 25.3 Å². The number of hydrogen-bond acceptors (Lipinski definition) is 6. The third-order valence-corrected chi connectivity index (χ3v) is 8.61. The minimum absolute atomic E-state index is 0.233. The Morgan fingerprint density at radius 3 is 2.66 bits per heavy atom. The first-order valence-corrected chi connectivity index (χ1v) is 12.8. The summed E-state index contributed by atoms with van der Waals surface area (Å²) in [5.74, 6) is -1.21. The molecule has 0 aliphatic carbocycles. The van der Waals surface area contributed by atoms with Crippen molar-refractivity contribution in [3.05, 3.63) is 71.6 Å². The summed E-state index contributed by atoms with van der Waals surface area (Å²) in [6.45, 7) is 11.7. The molecule has 3 saturated heterocycles. The van der Waals surface area contributed by atoms with E-state index in [0.717, 1.165) is 16.3 Å². The topological polar surface area (TPSA) is 86.2 Å². The van der Waals surface area contributed by atoms with E-state index in [2.05, 4.69) is 10.0 Å². The average molecular weight is 508 g/mol. The highest BCUT2D eigenvalue weighted by Gasteiger charge is 2.73. The number of aromatic nitrogens is 1. The van der Waals surface area contributed by atoms with Crippen molar-refractivity contribution in [2.75, 3.05) is 11.5 Å². The Morgan fingerprint density at radius 2 is 1.84 bits per heavy atom. The van der Waals surface area contributed by atoms with Gasteiger partial charge < -0.3 is 14.0 Å². The van der Waals surface area contributed by atoms with Crippen LogP contribution in [0.5, 0.6) is 5.88 Å². The summed E-state index contributed by atoms with van der Waals surface area (Å²) in [6.07, 6.45) is 1.83. The van der Waals surface area contributed by atoms with Crippen LogP contribution in [-0.4, -0.2) is 34.8 Å². The van der Waals surface area contributed by atoms with Crippen LogP contribution in [0.2, 0.25) is 0 Å². The van der Waals surface area contributed by atoms with Gasteiger partial charge in [0.25, 0.3) is 5.88 Å². The summed E-state index contributed by atoms with van der Waals surface area (Å²) in [7, 11) is 0. The van der Waals surface area contributed by atoms with Gasteiger partial charge in [0.05, 0.1) is 47.3 Å². The van der Waals surface area contributed by atoms with Gasteiger partial charge in [0.15, 0.2) is 11.3 Å². The normalized spacial score (nSPS) is 27.9. The highest BCUT2D eigenvalue weighted by Crippen LogP contribution is 2.62. The molecule has 0 saturated carbocycles. The van der Waals surface area contributed by atoms with Gasteiger partial charge in [0.2, 0.25) is 11.8 Å². The Bertz CT molecular complexity index is 1700. The van der Waals surface area contributed by atoms with Crippen LogP contribution in [0.1, 0.15) is 31.7 Å². The van der Waals surface area contributed by atoms with Crippen LogP contribution in [0.25, 0.3) is 26.6 Å². The number of ether oxygens (including phenoxy) is 2. The van der Waals surface area contributed by atoms with Gasteiger partial charge in [-0.25, -0.2) is 9.74 Å². The zero-order valence-corrected chi connectivity index (χ0v) is 21.1. The third-order valence-electron chi connectivity index (χ3n) is 8.61. The number of rotatable bonds is 5. The lowest BCUT2D eigenvalue weighted by molar-refractivity contribution is -0.131. The maximum atomic E-state index is 14.0. The standard InChI is InChI=1S/C30H25N3O5/c1-17-8-9-20-23(16-17)37-32-26(20)36-15-14-30-13-12-29(2,38-30)24-25(30)28(35)33(27(24)34)22-11-10-21(31-3)18-6-4-5-7-19(18)22/h4-11,16,24-25H,12-15H2,1-2H3/t24-,25+,29?,30?/m1/s1. The molecule has 3 aliphatic heterocycles. The Balaban J connectivity index is 1.20. The molecular formula is C30H25N3O5. The second-order valence-corrected chi connectivity index (χ2v) is 10.8. The summed E-state index contributed by atoms with van der Waals surface area (Å²) in [4.78, 5) is 32.9. The molecule has 3 fully saturated rings. The second kappa shape index (κ2) is 7.89. The van der Waals surface area contributed by atoms with Crippen molar-refractivity contribution in [3.63, 3.8) is 0 Å². The van der Waals surface area contributed by atoms with Gasteiger partial charge in [-0.05, 0) is 66.4 Å². The van der Waals surface area contributed by atoms with Crippen LogP contribution in [-0.2, 0) is 14.3 Å². The monoisotopic (exact) mass is 507 g/mol. The maximum Gasteiger partial charge on any atom is 0.262 e. The summed E-state index contributed by atoms with van der Waals surface area (Å²) in [6, 6.07) is 16.6. The van der Waals surface area contributed by atoms with Gasteiger partial charge >= 0.3 is 0 Å². The van der Waals surface area contributed by atoms with E-state index in [1.165, 1.54) is 4.90 Å². The molecule has 4 atom stereocenters. The van der Waals surface area contributed by atoms with Crippen molar-refractivity contribution in [1.82, 2.24) is 5.16 Å². The number of anilines is 1. The van der Waals surface area contributed by atoms with Crippen LogP contribution in [0.4, 0.5) is 11.4 Å². The van der Waals surface area contributed by atoms with E-state index >= 15 is 0 Å². The number of carbonyl (C=O) groups excluding carboxylic acids is 2. The molecule has 3 aliphatic rings. The van der Waals surface area contributed by atoms with Crippen LogP contribution in [0.3, 0.4) is 0 Å². The lowest BCUT2D eigenvalue weighted by atomic mass is 9.67. The molecule has 2 bridgehead atoms. The SMILES string of the molecule is [C-]#[N+]c1ccc(N2C(=O)[C@@H]3[C@H](C2=O)C2(C)CCC3(CCOc3noc4cc(C)ccc34)O2)c2ccccc12. The fourth-order valence-corrected chi connectivity index (χ4v) is 6.85. The number of carbonyl (C=O) groups is 2. The number of benzene rings is 3. The Hall–Kier alpha value is -4.22. The number of fused-ring (bicyclic) bond motifs is 7. The first kappa shape index (κ1) is 22.9. The summed E-state index contributed by atoms with van der Waals surface area (Å²) < 4.78 is 18.0. The molecule has 8 nitrogen and oxygen atoms in total. The fraction of sp³-hybridized carbons (Fsp3) is 0.333. The van der Waals surface area contributed by atoms with E-state index in [0.29, 0.717) is 47.5 Å². The number of imide groups is 1. The van der Waals surface area contributed by atoms with Crippen molar-refractivity contribution in [2.24, 2.45) is 11.8 Å². The molecule has 0 N–H and O–H groups in total. The van der Waals surface area contributed by atoms with E-state index in [-0.39, 0.29) is 18.4 Å². The minimum atomic E-state index is -0.788. The number of nitrogens with zero attached hydrogens (tertiary/aromatic N) is 3. The first-order valence-electron chi connectivity index (χ1n) is 12.8. The van der Waals surface area contributed by atoms with E-state index in [9.17, 15) is 9.59 Å². The number of hydrogen-bond donors (Lipinski definition) is 0. The van der Waals surface area contributed by atoms with Gasteiger partial charge in [-0.1, -0.05) is 36.4 Å². The molecule has 4 aromatic rings. The predicted molar refractivity (Wildman–Crippen MR) is 140 cm³/mol. The van der Waals surface area contributed by atoms with Crippen molar-refractivity contribution < 1.29 is 23.6 Å². The van der Waals surface area contributed by atoms with E-state index in [1.807, 2.05) is 56.3 Å². The highest BCUT2D eigenvalue weighted by atomic mass is 16.6. The van der Waals surface area contributed by atoms with Crippen LogP contribution < -0.4 is 9.64 Å². The molecule has 2 unspecified atom stereocenters. The Kier molecular flexibility index (Phi) is 4.76. The van der Waals surface area contributed by atoms with Crippen molar-refractivity contribution in [2.45, 2.75) is 44.3 Å². The predicted octanol–water partition coefficient (Wildman–Crippen LogP) is 5.74. The molecule has 0 radical (unpaired) electrons. The lowest BCUT2D eigenvalue weighted by Crippen LogP contribution is -2.43. The minimum Gasteiger partial charge on any atom is -0.475 e. The Morgan fingerprint density at radius 1 is 1.05 bits per heavy atom. The largest absolute Gasteiger partial charge is 0.475 e. The van der Waals surface area contributed by atoms with Gasteiger partial charge in [-0.2, -0.15) is 0 Å². The molecular weight excluding hydrogens is 482 g/mol. The summed E-state index contributed by atoms with van der Waals surface area (Å²) in [5.41, 5.74) is 1.24. The lowest BCUT2D eigenvalue weighted by Gasteiger charge is -2.31. The van der Waals surface area contributed by atoms with Crippen molar-refractivity contribution in [3.8, 4) is 5.88 Å². The van der Waals surface area contributed by atoms with Crippen LogP contribution >= 0.6 is 0 Å². The zero-order chi connectivity index (χ0) is 26.2. The van der Waals surface area contributed by atoms with E-state index in [1.54, 1.807) is 12.1 Å². The number of amides is 2. The zero-order valence-electron chi connectivity index (χ0n) is 21.1. The molecule has 1 aromatic heterocycles. The average Bonchev–Trinajstić information content (AvgIpc) is 3.62. The van der Waals surface area contributed by atoms with Crippen molar-refractivity contribution in [1.29, 1.82) is 0 Å². The molecule has 7 rings (SSSR count). The summed E-state index contributed by atoms with van der Waals surface area (Å²) >= 11 is 0.